The number of carbonyl (C=O) groups excluding carboxylic acids is 1. The Labute approximate surface area is 357 Å². The van der Waals surface area contributed by atoms with E-state index in [1.807, 2.05) is 48.5 Å². The lowest BCUT2D eigenvalue weighted by Crippen LogP contribution is -2.10. The van der Waals surface area contributed by atoms with E-state index < -0.39 is 0 Å². The SMILES string of the molecule is COC(=O)c1ccc(-c2c(-c3ccc(C#Cc4cccc(I)c4)cc3)cc(-c3ccc(C(C)(C)C)cc3)cc2-c2ccc(C#Cc3cccc(I)c3)cc2)cc1. The standard InChI is InChI=1S/C52H38I2O2/c1-52(2,3)45-29-27-39(28-30-45)44-33-48(40-19-15-35(16-20-40)11-13-37-7-5-9-46(53)31-37)50(42-23-25-43(26-24-42)51(55)56-4)49(34-44)41-21-17-36(18-22-41)12-14-38-8-6-10-47(54)32-38/h5-10,15-34H,1-4H3. The molecule has 0 fully saturated rings. The maximum Gasteiger partial charge on any atom is 0.337 e. The quantitative estimate of drug-likeness (QED) is 0.0976. The van der Waals surface area contributed by atoms with Crippen LogP contribution < -0.4 is 0 Å². The topological polar surface area (TPSA) is 26.3 Å². The number of esters is 1. The molecule has 272 valence electrons. The van der Waals surface area contributed by atoms with Gasteiger partial charge >= 0.3 is 5.97 Å². The number of methoxy groups -OCH3 is 1. The number of carbonyl (C=O) groups is 1. The molecule has 7 rings (SSSR count). The fraction of sp³-hybridized carbons (Fsp3) is 0.0962. The van der Waals surface area contributed by atoms with E-state index in [1.165, 1.54) is 12.7 Å². The van der Waals surface area contributed by atoms with E-state index in [0.717, 1.165) is 73.9 Å². The lowest BCUT2D eigenvalue weighted by Gasteiger charge is -2.21. The number of hydrogen-bond donors (Lipinski definition) is 0. The molecule has 7 aromatic rings. The van der Waals surface area contributed by atoms with Crippen molar-refractivity contribution in [2.75, 3.05) is 7.11 Å². The van der Waals surface area contributed by atoms with E-state index >= 15 is 0 Å². The van der Waals surface area contributed by atoms with Gasteiger partial charge in [-0.05, 0) is 186 Å². The van der Waals surface area contributed by atoms with Crippen LogP contribution in [-0.2, 0) is 10.2 Å². The van der Waals surface area contributed by atoms with E-state index in [9.17, 15) is 4.79 Å². The minimum Gasteiger partial charge on any atom is -0.465 e. The molecule has 0 saturated heterocycles. The Kier molecular flexibility index (Phi) is 11.9. The van der Waals surface area contributed by atoms with Gasteiger partial charge < -0.3 is 4.74 Å². The average Bonchev–Trinajstić information content (AvgIpc) is 3.22. The third-order valence-electron chi connectivity index (χ3n) is 9.56. The van der Waals surface area contributed by atoms with E-state index in [1.54, 1.807) is 0 Å². The van der Waals surface area contributed by atoms with Gasteiger partial charge in [-0.2, -0.15) is 0 Å². The highest BCUT2D eigenvalue weighted by atomic mass is 127. The lowest BCUT2D eigenvalue weighted by atomic mass is 9.83. The molecule has 0 aliphatic heterocycles. The number of hydrogen-bond acceptors (Lipinski definition) is 2. The summed E-state index contributed by atoms with van der Waals surface area (Å²) in [5, 5.41) is 0. The molecule has 0 N–H and O–H groups in total. The zero-order chi connectivity index (χ0) is 39.2. The molecule has 0 radical (unpaired) electrons. The fourth-order valence-corrected chi connectivity index (χ4v) is 7.60. The number of rotatable bonds is 5. The summed E-state index contributed by atoms with van der Waals surface area (Å²) in [4.78, 5) is 12.5. The summed E-state index contributed by atoms with van der Waals surface area (Å²) in [6.45, 7) is 6.71. The van der Waals surface area contributed by atoms with Gasteiger partial charge in [0.05, 0.1) is 12.7 Å². The number of halogens is 2. The third-order valence-corrected chi connectivity index (χ3v) is 10.9. The van der Waals surface area contributed by atoms with E-state index in [-0.39, 0.29) is 11.4 Å². The van der Waals surface area contributed by atoms with Crippen LogP contribution in [0.15, 0.2) is 158 Å². The highest BCUT2D eigenvalue weighted by molar-refractivity contribution is 14.1. The predicted octanol–water partition coefficient (Wildman–Crippen LogP) is 13.4. The van der Waals surface area contributed by atoms with Gasteiger partial charge in [-0.3, -0.25) is 0 Å². The van der Waals surface area contributed by atoms with Crippen molar-refractivity contribution in [3.05, 3.63) is 198 Å². The first-order valence-electron chi connectivity index (χ1n) is 18.3. The summed E-state index contributed by atoms with van der Waals surface area (Å²) in [5.74, 6) is 13.0. The minimum absolute atomic E-state index is 0.0439. The molecule has 0 spiro atoms. The van der Waals surface area contributed by atoms with Crippen LogP contribution in [0.1, 0.15) is 58.9 Å². The third kappa shape index (κ3) is 9.33. The maximum absolute atomic E-state index is 12.5. The predicted molar refractivity (Wildman–Crippen MR) is 249 cm³/mol. The van der Waals surface area contributed by atoms with Gasteiger partial charge in [0.15, 0.2) is 0 Å². The largest absolute Gasteiger partial charge is 0.465 e. The van der Waals surface area contributed by atoms with E-state index in [0.29, 0.717) is 5.56 Å². The molecular weight excluding hydrogens is 910 g/mol. The van der Waals surface area contributed by atoms with Gasteiger partial charge in [-0.25, -0.2) is 4.79 Å². The van der Waals surface area contributed by atoms with Gasteiger partial charge in [-0.1, -0.05) is 117 Å². The van der Waals surface area contributed by atoms with Crippen LogP contribution in [0.5, 0.6) is 0 Å². The van der Waals surface area contributed by atoms with Crippen LogP contribution in [0, 0.1) is 30.8 Å². The first-order valence-corrected chi connectivity index (χ1v) is 20.4. The molecule has 0 saturated carbocycles. The Morgan fingerprint density at radius 1 is 0.482 bits per heavy atom. The molecule has 0 aromatic heterocycles. The Morgan fingerprint density at radius 3 is 1.34 bits per heavy atom. The van der Waals surface area contributed by atoms with Crippen LogP contribution in [-0.4, -0.2) is 13.1 Å². The highest BCUT2D eigenvalue weighted by Gasteiger charge is 2.19. The van der Waals surface area contributed by atoms with E-state index in [2.05, 4.69) is 199 Å². The van der Waals surface area contributed by atoms with Crippen LogP contribution in [0.25, 0.3) is 44.5 Å². The molecule has 0 aliphatic rings. The molecule has 4 heteroatoms. The average molecular weight is 949 g/mol. The van der Waals surface area contributed by atoms with E-state index in [4.69, 9.17) is 4.74 Å². The van der Waals surface area contributed by atoms with Crippen molar-refractivity contribution in [3.63, 3.8) is 0 Å². The van der Waals surface area contributed by atoms with Crippen molar-refractivity contribution in [1.29, 1.82) is 0 Å². The van der Waals surface area contributed by atoms with Gasteiger partial charge in [0.25, 0.3) is 0 Å². The van der Waals surface area contributed by atoms with Crippen LogP contribution >= 0.6 is 45.2 Å². The highest BCUT2D eigenvalue weighted by Crippen LogP contribution is 2.44. The Hall–Kier alpha value is -5.41. The van der Waals surface area contributed by atoms with Crippen molar-refractivity contribution in [2.24, 2.45) is 0 Å². The fourth-order valence-electron chi connectivity index (χ4n) is 6.52. The van der Waals surface area contributed by atoms with Gasteiger partial charge in [0.2, 0.25) is 0 Å². The van der Waals surface area contributed by atoms with Crippen molar-refractivity contribution >= 4 is 51.2 Å². The number of benzene rings is 7. The summed E-state index contributed by atoms with van der Waals surface area (Å²) >= 11 is 4.63. The van der Waals surface area contributed by atoms with Crippen molar-refractivity contribution < 1.29 is 9.53 Å². The molecule has 2 nitrogen and oxygen atoms in total. The van der Waals surface area contributed by atoms with Crippen LogP contribution in [0.3, 0.4) is 0 Å². The van der Waals surface area contributed by atoms with Gasteiger partial charge in [0.1, 0.15) is 0 Å². The molecule has 0 aliphatic carbocycles. The summed E-state index contributed by atoms with van der Waals surface area (Å²) < 4.78 is 7.35. The Morgan fingerprint density at radius 2 is 0.911 bits per heavy atom. The maximum atomic E-state index is 12.5. The smallest absolute Gasteiger partial charge is 0.337 e. The normalized spacial score (nSPS) is 10.8. The molecular formula is C52H38I2O2. The second-order valence-corrected chi connectivity index (χ2v) is 17.0. The summed E-state index contributed by atoms with van der Waals surface area (Å²) in [6, 6.07) is 54.6. The summed E-state index contributed by atoms with van der Waals surface area (Å²) in [5.41, 5.74) is 14.2. The van der Waals surface area contributed by atoms with Crippen molar-refractivity contribution in [2.45, 2.75) is 26.2 Å². The first kappa shape index (κ1) is 38.8. The van der Waals surface area contributed by atoms with Crippen LogP contribution in [0.4, 0.5) is 0 Å². The van der Waals surface area contributed by atoms with Gasteiger partial charge in [0, 0.05) is 29.4 Å². The second-order valence-electron chi connectivity index (χ2n) is 14.5. The zero-order valence-electron chi connectivity index (χ0n) is 31.6. The number of ether oxygens (including phenoxy) is 1. The molecule has 0 unspecified atom stereocenters. The molecule has 0 bridgehead atoms. The summed E-state index contributed by atoms with van der Waals surface area (Å²) in [7, 11) is 1.41. The summed E-state index contributed by atoms with van der Waals surface area (Å²) in [6.07, 6.45) is 0. The molecule has 0 amide bonds. The molecule has 0 heterocycles. The second kappa shape index (κ2) is 17.2. The first-order chi connectivity index (χ1) is 27.0. The monoisotopic (exact) mass is 948 g/mol. The molecule has 0 atom stereocenters. The zero-order valence-corrected chi connectivity index (χ0v) is 35.9. The molecule has 7 aromatic carbocycles. The van der Waals surface area contributed by atoms with Gasteiger partial charge in [-0.15, -0.1) is 0 Å². The minimum atomic E-state index is -0.366. The Balaban J connectivity index is 1.40. The molecule has 56 heavy (non-hydrogen) atoms. The Bertz CT molecular complexity index is 2530. The van der Waals surface area contributed by atoms with Crippen molar-refractivity contribution in [3.8, 4) is 68.2 Å². The lowest BCUT2D eigenvalue weighted by molar-refractivity contribution is 0.0600. The van der Waals surface area contributed by atoms with Crippen LogP contribution in [0.2, 0.25) is 0 Å². The van der Waals surface area contributed by atoms with Crippen molar-refractivity contribution in [1.82, 2.24) is 0 Å².